The van der Waals surface area contributed by atoms with E-state index in [1.165, 1.54) is 0 Å². The highest BCUT2D eigenvalue weighted by atomic mass is 79.9. The number of rotatable bonds is 4. The minimum Gasteiger partial charge on any atom is -0.383 e. The minimum absolute atomic E-state index is 0.290. The standard InChI is InChI=1S/C14H15BrClN3S/c1-8(2)13-12(15)14(17)19-11(18-13)7-20-10-6-4-3-5-9(10)16/h3-6,8H,7H2,1-2H3,(H2,17,18,19). The van der Waals surface area contributed by atoms with E-state index in [9.17, 15) is 0 Å². The average molecular weight is 373 g/mol. The van der Waals surface area contributed by atoms with E-state index < -0.39 is 0 Å². The topological polar surface area (TPSA) is 51.8 Å². The van der Waals surface area contributed by atoms with Crippen molar-refractivity contribution >= 4 is 45.1 Å². The number of hydrogen-bond acceptors (Lipinski definition) is 4. The Hall–Kier alpha value is -0.780. The Labute approximate surface area is 136 Å². The van der Waals surface area contributed by atoms with Gasteiger partial charge in [-0.25, -0.2) is 9.97 Å². The van der Waals surface area contributed by atoms with E-state index in [0.29, 0.717) is 17.5 Å². The number of anilines is 1. The summed E-state index contributed by atoms with van der Waals surface area (Å²) in [6, 6.07) is 7.74. The van der Waals surface area contributed by atoms with Crippen LogP contribution in [0.5, 0.6) is 0 Å². The van der Waals surface area contributed by atoms with Gasteiger partial charge in [-0.1, -0.05) is 37.6 Å². The molecule has 6 heteroatoms. The first-order valence-corrected chi connectivity index (χ1v) is 8.33. The molecule has 1 heterocycles. The molecule has 2 N–H and O–H groups in total. The van der Waals surface area contributed by atoms with Crippen molar-refractivity contribution in [2.45, 2.75) is 30.4 Å². The predicted molar refractivity (Wildman–Crippen MR) is 89.2 cm³/mol. The van der Waals surface area contributed by atoms with Crippen LogP contribution in [0.2, 0.25) is 5.02 Å². The summed E-state index contributed by atoms with van der Waals surface area (Å²) in [6.45, 7) is 4.16. The van der Waals surface area contributed by atoms with Crippen molar-refractivity contribution in [3.63, 3.8) is 0 Å². The van der Waals surface area contributed by atoms with Crippen LogP contribution in [0.25, 0.3) is 0 Å². The molecule has 1 aromatic heterocycles. The molecule has 2 rings (SSSR count). The largest absolute Gasteiger partial charge is 0.383 e. The summed E-state index contributed by atoms with van der Waals surface area (Å²) in [5.41, 5.74) is 6.86. The molecule has 0 atom stereocenters. The van der Waals surface area contributed by atoms with Crippen LogP contribution in [0.1, 0.15) is 31.3 Å². The summed E-state index contributed by atoms with van der Waals surface area (Å²) in [6.07, 6.45) is 0. The smallest absolute Gasteiger partial charge is 0.141 e. The van der Waals surface area contributed by atoms with Gasteiger partial charge >= 0.3 is 0 Å². The van der Waals surface area contributed by atoms with Crippen molar-refractivity contribution in [3.8, 4) is 0 Å². The molecule has 0 saturated heterocycles. The normalized spacial score (nSPS) is 11.1. The zero-order chi connectivity index (χ0) is 14.7. The maximum atomic E-state index is 6.13. The van der Waals surface area contributed by atoms with E-state index in [0.717, 1.165) is 25.9 Å². The molecule has 2 aromatic rings. The molecule has 3 nitrogen and oxygen atoms in total. The Balaban J connectivity index is 2.20. The van der Waals surface area contributed by atoms with Crippen molar-refractivity contribution in [2.75, 3.05) is 5.73 Å². The van der Waals surface area contributed by atoms with Crippen LogP contribution in [0, 0.1) is 0 Å². The Bertz CT molecular complexity index is 619. The van der Waals surface area contributed by atoms with E-state index in [1.807, 2.05) is 24.3 Å². The van der Waals surface area contributed by atoms with Crippen LogP contribution in [-0.4, -0.2) is 9.97 Å². The highest BCUT2D eigenvalue weighted by Crippen LogP contribution is 2.31. The van der Waals surface area contributed by atoms with Crippen molar-refractivity contribution in [2.24, 2.45) is 0 Å². The van der Waals surface area contributed by atoms with Gasteiger partial charge in [0.05, 0.1) is 20.9 Å². The van der Waals surface area contributed by atoms with Gasteiger partial charge in [0, 0.05) is 4.90 Å². The van der Waals surface area contributed by atoms with Gasteiger partial charge in [0.1, 0.15) is 11.6 Å². The van der Waals surface area contributed by atoms with Gasteiger partial charge in [0.15, 0.2) is 0 Å². The number of nitrogens with two attached hydrogens (primary N) is 1. The second kappa shape index (κ2) is 6.78. The van der Waals surface area contributed by atoms with Gasteiger partial charge in [-0.3, -0.25) is 0 Å². The first-order valence-electron chi connectivity index (χ1n) is 6.18. The third-order valence-electron chi connectivity index (χ3n) is 2.69. The summed E-state index contributed by atoms with van der Waals surface area (Å²) < 4.78 is 0.791. The van der Waals surface area contributed by atoms with Gasteiger partial charge in [0.25, 0.3) is 0 Å². The number of thioether (sulfide) groups is 1. The second-order valence-electron chi connectivity index (χ2n) is 4.60. The first kappa shape index (κ1) is 15.6. The molecule has 1 aromatic carbocycles. The Morgan fingerprint density at radius 1 is 1.30 bits per heavy atom. The molecular weight excluding hydrogens is 358 g/mol. The SMILES string of the molecule is CC(C)c1nc(CSc2ccccc2Cl)nc(N)c1Br. The van der Waals surface area contributed by atoms with Gasteiger partial charge in [-0.05, 0) is 34.0 Å². The zero-order valence-electron chi connectivity index (χ0n) is 11.2. The summed E-state index contributed by atoms with van der Waals surface area (Å²) in [4.78, 5) is 9.91. The summed E-state index contributed by atoms with van der Waals surface area (Å²) in [5.74, 6) is 2.14. The fourth-order valence-corrected chi connectivity index (χ4v) is 3.41. The van der Waals surface area contributed by atoms with Gasteiger partial charge < -0.3 is 5.73 Å². The van der Waals surface area contributed by atoms with E-state index in [1.54, 1.807) is 11.8 Å². The maximum absolute atomic E-state index is 6.13. The average Bonchev–Trinajstić information content (AvgIpc) is 2.41. The molecule has 0 fully saturated rings. The second-order valence-corrected chi connectivity index (χ2v) is 6.82. The lowest BCUT2D eigenvalue weighted by Gasteiger charge is -2.11. The lowest BCUT2D eigenvalue weighted by Crippen LogP contribution is -2.06. The molecule has 0 unspecified atom stereocenters. The highest BCUT2D eigenvalue weighted by molar-refractivity contribution is 9.10. The van der Waals surface area contributed by atoms with Gasteiger partial charge in [-0.2, -0.15) is 0 Å². The quantitative estimate of drug-likeness (QED) is 0.776. The van der Waals surface area contributed by atoms with Crippen LogP contribution >= 0.6 is 39.3 Å². The summed E-state index contributed by atoms with van der Waals surface area (Å²) >= 11 is 11.2. The molecule has 0 bridgehead atoms. The maximum Gasteiger partial charge on any atom is 0.141 e. The fraction of sp³-hybridized carbons (Fsp3) is 0.286. The van der Waals surface area contributed by atoms with Gasteiger partial charge in [-0.15, -0.1) is 11.8 Å². The number of benzene rings is 1. The van der Waals surface area contributed by atoms with Gasteiger partial charge in [0.2, 0.25) is 0 Å². The van der Waals surface area contributed by atoms with Crippen molar-refractivity contribution in [1.29, 1.82) is 0 Å². The first-order chi connectivity index (χ1) is 9.49. The molecule has 106 valence electrons. The molecular formula is C14H15BrClN3S. The van der Waals surface area contributed by atoms with E-state index >= 15 is 0 Å². The number of halogens is 2. The number of nitrogen functional groups attached to an aromatic ring is 1. The molecule has 0 aliphatic carbocycles. The van der Waals surface area contributed by atoms with E-state index in [4.69, 9.17) is 17.3 Å². The van der Waals surface area contributed by atoms with E-state index in [2.05, 4.69) is 39.7 Å². The number of nitrogens with zero attached hydrogens (tertiary/aromatic N) is 2. The lowest BCUT2D eigenvalue weighted by atomic mass is 10.1. The molecule has 0 spiro atoms. The fourth-order valence-electron chi connectivity index (χ4n) is 1.68. The lowest BCUT2D eigenvalue weighted by molar-refractivity contribution is 0.794. The Kier molecular flexibility index (Phi) is 5.29. The van der Waals surface area contributed by atoms with Crippen LogP contribution in [0.15, 0.2) is 33.6 Å². The van der Waals surface area contributed by atoms with Crippen molar-refractivity contribution in [1.82, 2.24) is 9.97 Å². The molecule has 0 amide bonds. The zero-order valence-corrected chi connectivity index (χ0v) is 14.4. The Morgan fingerprint density at radius 2 is 2.00 bits per heavy atom. The van der Waals surface area contributed by atoms with Crippen LogP contribution in [0.3, 0.4) is 0 Å². The summed E-state index contributed by atoms with van der Waals surface area (Å²) in [5, 5.41) is 0.742. The molecule has 20 heavy (non-hydrogen) atoms. The van der Waals surface area contributed by atoms with Crippen LogP contribution in [0.4, 0.5) is 5.82 Å². The van der Waals surface area contributed by atoms with Crippen molar-refractivity contribution in [3.05, 3.63) is 45.3 Å². The van der Waals surface area contributed by atoms with E-state index in [-0.39, 0.29) is 0 Å². The predicted octanol–water partition coefficient (Wildman–Crippen LogP) is 4.89. The number of aromatic nitrogens is 2. The molecule has 0 aliphatic rings. The molecule has 0 radical (unpaired) electrons. The molecule has 0 aliphatic heterocycles. The summed E-state index contributed by atoms with van der Waals surface area (Å²) in [7, 11) is 0. The highest BCUT2D eigenvalue weighted by Gasteiger charge is 2.13. The van der Waals surface area contributed by atoms with Crippen LogP contribution < -0.4 is 5.73 Å². The monoisotopic (exact) mass is 371 g/mol. The third kappa shape index (κ3) is 3.65. The minimum atomic E-state index is 0.290. The van der Waals surface area contributed by atoms with Crippen LogP contribution in [-0.2, 0) is 5.75 Å². The number of hydrogen-bond donors (Lipinski definition) is 1. The molecule has 0 saturated carbocycles. The van der Waals surface area contributed by atoms with Crippen molar-refractivity contribution < 1.29 is 0 Å². The Morgan fingerprint density at radius 3 is 2.65 bits per heavy atom. The third-order valence-corrected chi connectivity index (χ3v) is 5.01.